The largest absolute Gasteiger partial charge is 0.485 e. The molecule has 1 aliphatic rings. The second-order valence-electron chi connectivity index (χ2n) is 5.03. The van der Waals surface area contributed by atoms with Crippen LogP contribution in [0, 0.1) is 11.6 Å². The van der Waals surface area contributed by atoms with Gasteiger partial charge in [-0.25, -0.2) is 8.78 Å². The Bertz CT molecular complexity index is 677. The molecule has 1 heterocycles. The van der Waals surface area contributed by atoms with Crippen molar-refractivity contribution in [2.75, 3.05) is 7.05 Å². The zero-order chi connectivity index (χ0) is 15.0. The van der Waals surface area contributed by atoms with Crippen LogP contribution in [-0.4, -0.2) is 7.05 Å². The van der Waals surface area contributed by atoms with E-state index in [0.717, 1.165) is 11.6 Å². The molecule has 3 rings (SSSR count). The second kappa shape index (κ2) is 5.62. The molecule has 1 N–H and O–H groups in total. The van der Waals surface area contributed by atoms with Gasteiger partial charge in [0.15, 0.2) is 0 Å². The summed E-state index contributed by atoms with van der Waals surface area (Å²) in [6.07, 6.45) is 0.0866. The topological polar surface area (TPSA) is 21.3 Å². The highest BCUT2D eigenvalue weighted by Gasteiger charge is 2.30. The molecule has 2 aromatic rings. The van der Waals surface area contributed by atoms with Crippen LogP contribution in [0.1, 0.15) is 29.7 Å². The summed E-state index contributed by atoms with van der Waals surface area (Å²) in [5.41, 5.74) is 1.31. The van der Waals surface area contributed by atoms with E-state index in [1.807, 2.05) is 13.1 Å². The number of nitrogens with one attached hydrogen (secondary N) is 1. The predicted octanol–water partition coefficient (Wildman–Crippen LogP) is 4.40. The first-order valence-corrected chi connectivity index (χ1v) is 7.04. The summed E-state index contributed by atoms with van der Waals surface area (Å²) in [5, 5.41) is 3.81. The fourth-order valence-corrected chi connectivity index (χ4v) is 2.85. The molecule has 0 saturated heterocycles. The van der Waals surface area contributed by atoms with E-state index in [0.29, 0.717) is 22.8 Å². The Balaban J connectivity index is 1.98. The van der Waals surface area contributed by atoms with Crippen LogP contribution in [0.3, 0.4) is 0 Å². The highest BCUT2D eigenvalue weighted by atomic mass is 35.5. The van der Waals surface area contributed by atoms with Gasteiger partial charge in [0.2, 0.25) is 0 Å². The highest BCUT2D eigenvalue weighted by Crippen LogP contribution is 2.42. The molecule has 0 amide bonds. The van der Waals surface area contributed by atoms with E-state index in [2.05, 4.69) is 5.32 Å². The Morgan fingerprint density at radius 1 is 1.14 bits per heavy atom. The van der Waals surface area contributed by atoms with Gasteiger partial charge in [0.05, 0.1) is 0 Å². The minimum atomic E-state index is -0.593. The van der Waals surface area contributed by atoms with Gasteiger partial charge in [0.25, 0.3) is 0 Å². The molecule has 1 aliphatic heterocycles. The molecular weight excluding hydrogens is 296 g/mol. The third kappa shape index (κ3) is 2.74. The molecule has 5 heteroatoms. The average molecular weight is 310 g/mol. The molecule has 0 fully saturated rings. The van der Waals surface area contributed by atoms with Crippen molar-refractivity contribution in [3.8, 4) is 5.75 Å². The lowest BCUT2D eigenvalue weighted by Crippen LogP contribution is -2.27. The van der Waals surface area contributed by atoms with Crippen molar-refractivity contribution < 1.29 is 13.5 Å². The lowest BCUT2D eigenvalue weighted by molar-refractivity contribution is 0.150. The van der Waals surface area contributed by atoms with Crippen LogP contribution in [0.4, 0.5) is 8.78 Å². The normalized spacial score (nSPS) is 20.8. The predicted molar refractivity (Wildman–Crippen MR) is 77.6 cm³/mol. The molecule has 0 aromatic heterocycles. The van der Waals surface area contributed by atoms with Crippen molar-refractivity contribution in [3.63, 3.8) is 0 Å². The average Bonchev–Trinajstić information content (AvgIpc) is 2.46. The lowest BCUT2D eigenvalue weighted by atomic mass is 9.93. The molecule has 0 saturated carbocycles. The van der Waals surface area contributed by atoms with Gasteiger partial charge in [-0.15, -0.1) is 0 Å². The summed E-state index contributed by atoms with van der Waals surface area (Å²) in [5.74, 6) is -0.518. The van der Waals surface area contributed by atoms with Crippen molar-refractivity contribution in [3.05, 3.63) is 64.2 Å². The maximum atomic E-state index is 13.9. The van der Waals surface area contributed by atoms with Crippen molar-refractivity contribution in [2.45, 2.75) is 18.6 Å². The van der Waals surface area contributed by atoms with E-state index < -0.39 is 17.7 Å². The summed E-state index contributed by atoms with van der Waals surface area (Å²) in [6.45, 7) is 0. The maximum absolute atomic E-state index is 13.9. The fraction of sp³-hybridized carbons (Fsp3) is 0.250. The maximum Gasteiger partial charge on any atom is 0.133 e. The van der Waals surface area contributed by atoms with E-state index in [4.69, 9.17) is 16.3 Å². The summed E-state index contributed by atoms with van der Waals surface area (Å²) in [4.78, 5) is 0. The van der Waals surface area contributed by atoms with Gasteiger partial charge in [-0.2, -0.15) is 0 Å². The summed E-state index contributed by atoms with van der Waals surface area (Å²) in [6, 6.07) is 8.91. The smallest absolute Gasteiger partial charge is 0.133 e. The fourth-order valence-electron chi connectivity index (χ4n) is 2.67. The lowest BCUT2D eigenvalue weighted by Gasteiger charge is -2.32. The van der Waals surface area contributed by atoms with Gasteiger partial charge in [-0.05, 0) is 37.4 Å². The van der Waals surface area contributed by atoms with Crippen LogP contribution >= 0.6 is 11.6 Å². The van der Waals surface area contributed by atoms with Gasteiger partial charge in [-0.1, -0.05) is 11.6 Å². The monoisotopic (exact) mass is 309 g/mol. The van der Waals surface area contributed by atoms with Crippen molar-refractivity contribution >= 4 is 11.6 Å². The number of rotatable bonds is 2. The molecule has 2 nitrogen and oxygen atoms in total. The Kier molecular flexibility index (Phi) is 3.83. The van der Waals surface area contributed by atoms with Crippen LogP contribution in [0.2, 0.25) is 5.02 Å². The molecule has 110 valence electrons. The summed E-state index contributed by atoms with van der Waals surface area (Å²) in [7, 11) is 1.83. The van der Waals surface area contributed by atoms with Crippen molar-refractivity contribution in [2.24, 2.45) is 0 Å². The van der Waals surface area contributed by atoms with E-state index >= 15 is 0 Å². The van der Waals surface area contributed by atoms with Gasteiger partial charge < -0.3 is 10.1 Å². The van der Waals surface area contributed by atoms with Crippen molar-refractivity contribution in [1.82, 2.24) is 5.32 Å². The molecule has 0 bridgehead atoms. The van der Waals surface area contributed by atoms with Crippen LogP contribution in [-0.2, 0) is 0 Å². The SMILES string of the molecule is CNC1CC(c2ccc(F)cc2F)Oc2ccc(Cl)cc21. The Morgan fingerprint density at radius 2 is 1.95 bits per heavy atom. The molecular formula is C16H14ClF2NO. The summed E-state index contributed by atoms with van der Waals surface area (Å²) < 4.78 is 32.8. The number of hydrogen-bond donors (Lipinski definition) is 1. The van der Waals surface area contributed by atoms with Crippen LogP contribution in [0.5, 0.6) is 5.75 Å². The first kappa shape index (κ1) is 14.3. The van der Waals surface area contributed by atoms with E-state index in [1.54, 1.807) is 12.1 Å². The molecule has 2 atom stereocenters. The first-order valence-electron chi connectivity index (χ1n) is 6.67. The Hall–Kier alpha value is -1.65. The van der Waals surface area contributed by atoms with Crippen LogP contribution in [0.25, 0.3) is 0 Å². The zero-order valence-electron chi connectivity index (χ0n) is 11.4. The number of benzene rings is 2. The van der Waals surface area contributed by atoms with Crippen LogP contribution in [0.15, 0.2) is 36.4 Å². The minimum Gasteiger partial charge on any atom is -0.485 e. The third-order valence-electron chi connectivity index (χ3n) is 3.72. The second-order valence-corrected chi connectivity index (χ2v) is 5.47. The molecule has 0 spiro atoms. The molecule has 0 radical (unpaired) electrons. The first-order chi connectivity index (χ1) is 10.1. The Labute approximate surface area is 126 Å². The molecule has 2 aromatic carbocycles. The molecule has 0 aliphatic carbocycles. The molecule has 2 unspecified atom stereocenters. The minimum absolute atomic E-state index is 0.00176. The Morgan fingerprint density at radius 3 is 2.67 bits per heavy atom. The standard InChI is InChI=1S/C16H14ClF2NO/c1-20-14-8-16(11-4-3-10(18)7-13(11)19)21-15-5-2-9(17)6-12(14)15/h2-7,14,16,20H,8H2,1H3. The van der Waals surface area contributed by atoms with Crippen molar-refractivity contribution in [1.29, 1.82) is 0 Å². The van der Waals surface area contributed by atoms with Gasteiger partial charge >= 0.3 is 0 Å². The van der Waals surface area contributed by atoms with Crippen LogP contribution < -0.4 is 10.1 Å². The van der Waals surface area contributed by atoms with Gasteiger partial charge in [0, 0.05) is 34.7 Å². The number of halogens is 3. The third-order valence-corrected chi connectivity index (χ3v) is 3.96. The van der Waals surface area contributed by atoms with E-state index in [1.165, 1.54) is 12.1 Å². The van der Waals surface area contributed by atoms with E-state index in [9.17, 15) is 8.78 Å². The quantitative estimate of drug-likeness (QED) is 0.887. The number of ether oxygens (including phenoxy) is 1. The summed E-state index contributed by atoms with van der Waals surface area (Å²) >= 11 is 6.01. The van der Waals surface area contributed by atoms with E-state index in [-0.39, 0.29) is 6.04 Å². The number of hydrogen-bond acceptors (Lipinski definition) is 2. The highest BCUT2D eigenvalue weighted by molar-refractivity contribution is 6.30. The molecule has 21 heavy (non-hydrogen) atoms. The zero-order valence-corrected chi connectivity index (χ0v) is 12.1. The number of fused-ring (bicyclic) bond motifs is 1. The van der Waals surface area contributed by atoms with Gasteiger partial charge in [-0.3, -0.25) is 0 Å². The van der Waals surface area contributed by atoms with Gasteiger partial charge in [0.1, 0.15) is 23.5 Å².